The number of primary amides is 1. The normalized spacial score (nSPS) is 11.5. The SMILES string of the molecule is COc1ccc(C(=O)NCC(O)c2ccc(C(N)=O)cc2)cc1OC. The molecule has 1 atom stereocenters. The molecule has 0 aromatic heterocycles. The van der Waals surface area contributed by atoms with Gasteiger partial charge in [0.15, 0.2) is 11.5 Å². The quantitative estimate of drug-likeness (QED) is 0.700. The summed E-state index contributed by atoms with van der Waals surface area (Å²) in [5.74, 6) is 0.0721. The van der Waals surface area contributed by atoms with Crippen LogP contribution in [0.2, 0.25) is 0 Å². The molecule has 0 radical (unpaired) electrons. The molecule has 132 valence electrons. The Kier molecular flexibility index (Phi) is 5.97. The summed E-state index contributed by atoms with van der Waals surface area (Å²) in [5, 5.41) is 12.8. The van der Waals surface area contributed by atoms with Crippen LogP contribution in [0, 0.1) is 0 Å². The van der Waals surface area contributed by atoms with E-state index in [9.17, 15) is 14.7 Å². The van der Waals surface area contributed by atoms with Crippen molar-refractivity contribution in [3.05, 3.63) is 59.2 Å². The van der Waals surface area contributed by atoms with Crippen LogP contribution in [0.4, 0.5) is 0 Å². The number of amides is 2. The number of carbonyl (C=O) groups excluding carboxylic acids is 2. The third kappa shape index (κ3) is 4.48. The molecule has 0 aliphatic rings. The monoisotopic (exact) mass is 344 g/mol. The van der Waals surface area contributed by atoms with Crippen LogP contribution < -0.4 is 20.5 Å². The molecule has 0 bridgehead atoms. The van der Waals surface area contributed by atoms with Crippen molar-refractivity contribution in [1.82, 2.24) is 5.32 Å². The summed E-state index contributed by atoms with van der Waals surface area (Å²) >= 11 is 0. The van der Waals surface area contributed by atoms with Crippen LogP contribution in [0.15, 0.2) is 42.5 Å². The van der Waals surface area contributed by atoms with E-state index in [-0.39, 0.29) is 12.5 Å². The zero-order valence-electron chi connectivity index (χ0n) is 14.0. The van der Waals surface area contributed by atoms with E-state index in [2.05, 4.69) is 5.32 Å². The van der Waals surface area contributed by atoms with Crippen molar-refractivity contribution in [1.29, 1.82) is 0 Å². The Balaban J connectivity index is 2.00. The standard InChI is InChI=1S/C18H20N2O5/c1-24-15-8-7-13(9-16(15)25-2)18(23)20-10-14(21)11-3-5-12(6-4-11)17(19)22/h3-9,14,21H,10H2,1-2H3,(H2,19,22)(H,20,23). The lowest BCUT2D eigenvalue weighted by molar-refractivity contribution is 0.0915. The highest BCUT2D eigenvalue weighted by Crippen LogP contribution is 2.27. The molecule has 0 heterocycles. The van der Waals surface area contributed by atoms with Crippen LogP contribution in [0.3, 0.4) is 0 Å². The van der Waals surface area contributed by atoms with E-state index < -0.39 is 12.0 Å². The second kappa shape index (κ2) is 8.16. The number of nitrogens with one attached hydrogen (secondary N) is 1. The topological polar surface area (TPSA) is 111 Å². The minimum Gasteiger partial charge on any atom is -0.493 e. The average molecular weight is 344 g/mol. The fourth-order valence-corrected chi connectivity index (χ4v) is 2.26. The van der Waals surface area contributed by atoms with Crippen molar-refractivity contribution in [2.24, 2.45) is 5.73 Å². The number of nitrogens with two attached hydrogens (primary N) is 1. The van der Waals surface area contributed by atoms with Gasteiger partial charge in [0.25, 0.3) is 5.91 Å². The average Bonchev–Trinajstić information content (AvgIpc) is 2.65. The molecular weight excluding hydrogens is 324 g/mol. The molecule has 0 saturated heterocycles. The summed E-state index contributed by atoms with van der Waals surface area (Å²) in [6.07, 6.45) is -0.911. The maximum atomic E-state index is 12.2. The first-order valence-electron chi connectivity index (χ1n) is 7.54. The number of hydrogen-bond acceptors (Lipinski definition) is 5. The molecule has 0 fully saturated rings. The minimum atomic E-state index is -0.911. The van der Waals surface area contributed by atoms with Gasteiger partial charge in [0.1, 0.15) is 0 Å². The molecule has 0 aliphatic carbocycles. The van der Waals surface area contributed by atoms with Gasteiger partial charge in [0.05, 0.1) is 20.3 Å². The summed E-state index contributed by atoms with van der Waals surface area (Å²) in [4.78, 5) is 23.2. The van der Waals surface area contributed by atoms with Gasteiger partial charge >= 0.3 is 0 Å². The second-order valence-electron chi connectivity index (χ2n) is 5.28. The number of aliphatic hydroxyl groups is 1. The van der Waals surface area contributed by atoms with Gasteiger partial charge in [-0.25, -0.2) is 0 Å². The Labute approximate surface area is 145 Å². The summed E-state index contributed by atoms with van der Waals surface area (Å²) in [7, 11) is 3.00. The van der Waals surface area contributed by atoms with E-state index >= 15 is 0 Å². The first-order valence-corrected chi connectivity index (χ1v) is 7.54. The summed E-state index contributed by atoms with van der Waals surface area (Å²) < 4.78 is 10.3. The van der Waals surface area contributed by atoms with Crippen molar-refractivity contribution in [3.63, 3.8) is 0 Å². The second-order valence-corrected chi connectivity index (χ2v) is 5.28. The largest absolute Gasteiger partial charge is 0.493 e. The summed E-state index contributed by atoms with van der Waals surface area (Å²) in [6, 6.07) is 11.0. The molecule has 0 spiro atoms. The van der Waals surface area contributed by atoms with E-state index in [4.69, 9.17) is 15.2 Å². The Morgan fingerprint density at radius 3 is 2.20 bits per heavy atom. The summed E-state index contributed by atoms with van der Waals surface area (Å²) in [6.45, 7) is 0.0170. The van der Waals surface area contributed by atoms with Crippen molar-refractivity contribution in [2.45, 2.75) is 6.10 Å². The van der Waals surface area contributed by atoms with Gasteiger partial charge in [-0.2, -0.15) is 0 Å². The van der Waals surface area contributed by atoms with Crippen LogP contribution >= 0.6 is 0 Å². The van der Waals surface area contributed by atoms with Crippen LogP contribution in [-0.2, 0) is 0 Å². The van der Waals surface area contributed by atoms with Gasteiger partial charge in [-0.15, -0.1) is 0 Å². The van der Waals surface area contributed by atoms with E-state index in [1.807, 2.05) is 0 Å². The van der Waals surface area contributed by atoms with Gasteiger partial charge < -0.3 is 25.6 Å². The molecule has 2 amide bonds. The van der Waals surface area contributed by atoms with Gasteiger partial charge in [-0.1, -0.05) is 12.1 Å². The Bertz CT molecular complexity index is 759. The van der Waals surface area contributed by atoms with Crippen LogP contribution in [0.1, 0.15) is 32.4 Å². The maximum absolute atomic E-state index is 12.2. The maximum Gasteiger partial charge on any atom is 0.251 e. The van der Waals surface area contributed by atoms with Crippen LogP contribution in [0.5, 0.6) is 11.5 Å². The molecule has 2 rings (SSSR count). The minimum absolute atomic E-state index is 0.0170. The Morgan fingerprint density at radius 2 is 1.64 bits per heavy atom. The Hall–Kier alpha value is -3.06. The zero-order valence-corrected chi connectivity index (χ0v) is 14.0. The third-order valence-electron chi connectivity index (χ3n) is 3.68. The fraction of sp³-hybridized carbons (Fsp3) is 0.222. The predicted molar refractivity (Wildman–Crippen MR) is 91.8 cm³/mol. The first kappa shape index (κ1) is 18.3. The van der Waals surface area contributed by atoms with E-state index in [1.165, 1.54) is 26.4 Å². The molecule has 2 aromatic carbocycles. The highest BCUT2D eigenvalue weighted by atomic mass is 16.5. The van der Waals surface area contributed by atoms with Crippen molar-refractivity contribution in [3.8, 4) is 11.5 Å². The highest BCUT2D eigenvalue weighted by molar-refractivity contribution is 5.95. The molecule has 25 heavy (non-hydrogen) atoms. The lowest BCUT2D eigenvalue weighted by Gasteiger charge is -2.13. The molecule has 0 saturated carbocycles. The molecular formula is C18H20N2O5. The molecule has 0 aliphatic heterocycles. The molecule has 1 unspecified atom stereocenters. The van der Waals surface area contributed by atoms with Gasteiger partial charge in [-0.3, -0.25) is 9.59 Å². The summed E-state index contributed by atoms with van der Waals surface area (Å²) in [5.41, 5.74) is 6.47. The number of ether oxygens (including phenoxy) is 2. The highest BCUT2D eigenvalue weighted by Gasteiger charge is 2.13. The van der Waals surface area contributed by atoms with Gasteiger partial charge in [0, 0.05) is 17.7 Å². The zero-order chi connectivity index (χ0) is 18.4. The number of carbonyl (C=O) groups is 2. The fourth-order valence-electron chi connectivity index (χ4n) is 2.26. The number of aliphatic hydroxyl groups excluding tert-OH is 1. The lowest BCUT2D eigenvalue weighted by Crippen LogP contribution is -2.28. The lowest BCUT2D eigenvalue weighted by atomic mass is 10.1. The van der Waals surface area contributed by atoms with Gasteiger partial charge in [-0.05, 0) is 35.9 Å². The van der Waals surface area contributed by atoms with E-state index in [0.717, 1.165) is 0 Å². The third-order valence-corrected chi connectivity index (χ3v) is 3.68. The smallest absolute Gasteiger partial charge is 0.251 e. The van der Waals surface area contributed by atoms with E-state index in [0.29, 0.717) is 28.2 Å². The van der Waals surface area contributed by atoms with Gasteiger partial charge in [0.2, 0.25) is 5.91 Å². The molecule has 7 nitrogen and oxygen atoms in total. The van der Waals surface area contributed by atoms with Crippen molar-refractivity contribution < 1.29 is 24.2 Å². The number of hydrogen-bond donors (Lipinski definition) is 3. The number of benzene rings is 2. The van der Waals surface area contributed by atoms with Crippen molar-refractivity contribution in [2.75, 3.05) is 20.8 Å². The first-order chi connectivity index (χ1) is 12.0. The van der Waals surface area contributed by atoms with Crippen molar-refractivity contribution >= 4 is 11.8 Å². The van der Waals surface area contributed by atoms with Crippen LogP contribution in [-0.4, -0.2) is 37.7 Å². The Morgan fingerprint density at radius 1 is 1.04 bits per heavy atom. The predicted octanol–water partition coefficient (Wildman–Crippen LogP) is 1.27. The molecule has 7 heteroatoms. The molecule has 4 N–H and O–H groups in total. The van der Waals surface area contributed by atoms with Crippen LogP contribution in [0.25, 0.3) is 0 Å². The number of rotatable bonds is 7. The molecule has 2 aromatic rings. The number of methoxy groups -OCH3 is 2. The van der Waals surface area contributed by atoms with E-state index in [1.54, 1.807) is 30.3 Å².